The van der Waals surface area contributed by atoms with Gasteiger partial charge in [-0.2, -0.15) is 0 Å². The molecule has 8 heteroatoms. The quantitative estimate of drug-likeness (QED) is 0.351. The van der Waals surface area contributed by atoms with E-state index in [4.69, 9.17) is 30.5 Å². The number of Topliss-reactive ketones (excluding diaryl/α,β-unsaturated/α-hetero) is 1. The highest BCUT2D eigenvalue weighted by atomic mass is 35.5. The molecule has 1 aliphatic heterocycles. The molecule has 0 saturated carbocycles. The molecular formula is C29H32ClNO6. The molecule has 1 heterocycles. The first kappa shape index (κ1) is 26.8. The monoisotopic (exact) mass is 525 g/mol. The van der Waals surface area contributed by atoms with Crippen molar-refractivity contribution in [3.8, 4) is 11.5 Å². The number of dihydropyridines is 1. The number of carbonyl (C=O) groups excluding carboxylic acids is 2. The number of allylic oxidation sites excluding steroid dienone is 3. The number of benzene rings is 2. The Morgan fingerprint density at radius 2 is 1.81 bits per heavy atom. The van der Waals surface area contributed by atoms with Crippen LogP contribution in [0.3, 0.4) is 0 Å². The summed E-state index contributed by atoms with van der Waals surface area (Å²) in [6, 6.07) is 13.0. The lowest BCUT2D eigenvalue weighted by atomic mass is 9.71. The van der Waals surface area contributed by atoms with Crippen molar-refractivity contribution in [1.82, 2.24) is 5.32 Å². The average Bonchev–Trinajstić information content (AvgIpc) is 2.90. The van der Waals surface area contributed by atoms with Crippen LogP contribution >= 0.6 is 11.6 Å². The molecule has 2 aromatic carbocycles. The first-order chi connectivity index (χ1) is 17.9. The summed E-state index contributed by atoms with van der Waals surface area (Å²) in [6.07, 6.45) is 0.893. The molecule has 2 aliphatic rings. The number of hydrogen-bond donors (Lipinski definition) is 1. The number of ketones is 1. The van der Waals surface area contributed by atoms with Crippen LogP contribution in [0.25, 0.3) is 0 Å². The summed E-state index contributed by atoms with van der Waals surface area (Å²) in [5, 5.41) is 3.85. The number of esters is 1. The summed E-state index contributed by atoms with van der Waals surface area (Å²) in [5.74, 6) is 0.0444. The molecule has 0 aromatic heterocycles. The molecule has 2 aromatic rings. The fourth-order valence-corrected chi connectivity index (χ4v) is 5.33. The molecule has 0 amide bonds. The molecule has 196 valence electrons. The van der Waals surface area contributed by atoms with Crippen LogP contribution in [-0.2, 0) is 19.1 Å². The highest BCUT2D eigenvalue weighted by Crippen LogP contribution is 2.47. The molecule has 1 aliphatic carbocycles. The van der Waals surface area contributed by atoms with Gasteiger partial charge in [0.2, 0.25) is 0 Å². The lowest BCUT2D eigenvalue weighted by Crippen LogP contribution is -2.36. The molecule has 4 rings (SSSR count). The Morgan fingerprint density at radius 3 is 2.51 bits per heavy atom. The second kappa shape index (κ2) is 11.8. The smallest absolute Gasteiger partial charge is 0.336 e. The first-order valence-corrected chi connectivity index (χ1v) is 12.7. The number of rotatable bonds is 9. The van der Waals surface area contributed by atoms with E-state index in [2.05, 4.69) is 5.32 Å². The number of hydrogen-bond acceptors (Lipinski definition) is 7. The number of ether oxygens (including phenoxy) is 4. The largest absolute Gasteiger partial charge is 0.493 e. The first-order valence-electron chi connectivity index (χ1n) is 12.3. The van der Waals surface area contributed by atoms with Crippen molar-refractivity contribution in [2.24, 2.45) is 0 Å². The lowest BCUT2D eigenvalue weighted by Gasteiger charge is -2.37. The van der Waals surface area contributed by atoms with E-state index in [0.717, 1.165) is 11.3 Å². The SMILES string of the molecule is CCOCCOC(=O)C1=C(C)NC2=C(C(=O)CC(c3ccc(OC)c(OC)c3)C2)C1c1ccccc1Cl. The van der Waals surface area contributed by atoms with Crippen LogP contribution in [0.5, 0.6) is 11.5 Å². The number of methoxy groups -OCH3 is 2. The standard InChI is InChI=1S/C29H32ClNO6/c1-5-36-12-13-37-29(33)26-17(2)31-22-14-19(18-10-11-24(34-3)25(16-18)35-4)15-23(32)28(22)27(26)20-8-6-7-9-21(20)30/h6-11,16,19,27,31H,5,12-15H2,1-4H3. The minimum absolute atomic E-state index is 0.0365. The normalized spacial score (nSPS) is 19.3. The highest BCUT2D eigenvalue weighted by Gasteiger charge is 2.42. The van der Waals surface area contributed by atoms with Gasteiger partial charge in [0.05, 0.1) is 26.4 Å². The average molecular weight is 526 g/mol. The van der Waals surface area contributed by atoms with E-state index >= 15 is 0 Å². The lowest BCUT2D eigenvalue weighted by molar-refractivity contribution is -0.140. The molecule has 0 saturated heterocycles. The molecule has 1 N–H and O–H groups in total. The van der Waals surface area contributed by atoms with E-state index in [0.29, 0.717) is 65.0 Å². The van der Waals surface area contributed by atoms with Gasteiger partial charge >= 0.3 is 5.97 Å². The van der Waals surface area contributed by atoms with Crippen molar-refractivity contribution >= 4 is 23.4 Å². The maximum Gasteiger partial charge on any atom is 0.336 e. The molecule has 2 atom stereocenters. The highest BCUT2D eigenvalue weighted by molar-refractivity contribution is 6.31. The molecular weight excluding hydrogens is 494 g/mol. The molecule has 0 spiro atoms. The molecule has 7 nitrogen and oxygen atoms in total. The van der Waals surface area contributed by atoms with Gasteiger partial charge in [0.15, 0.2) is 17.3 Å². The van der Waals surface area contributed by atoms with Crippen LogP contribution in [0.4, 0.5) is 0 Å². The maximum absolute atomic E-state index is 13.8. The molecule has 0 bridgehead atoms. The van der Waals surface area contributed by atoms with Gasteiger partial charge in [-0.15, -0.1) is 0 Å². The fraction of sp³-hybridized carbons (Fsp3) is 0.379. The Hall–Kier alpha value is -3.29. The van der Waals surface area contributed by atoms with E-state index in [9.17, 15) is 9.59 Å². The van der Waals surface area contributed by atoms with Crippen LogP contribution in [-0.4, -0.2) is 45.8 Å². The molecule has 0 radical (unpaired) electrons. The van der Waals surface area contributed by atoms with Gasteiger partial charge in [-0.25, -0.2) is 4.79 Å². The van der Waals surface area contributed by atoms with E-state index in [-0.39, 0.29) is 18.3 Å². The van der Waals surface area contributed by atoms with Crippen molar-refractivity contribution in [2.45, 2.75) is 38.5 Å². The van der Waals surface area contributed by atoms with Crippen molar-refractivity contribution in [2.75, 3.05) is 34.0 Å². The van der Waals surface area contributed by atoms with E-state index < -0.39 is 11.9 Å². The second-order valence-corrected chi connectivity index (χ2v) is 9.39. The summed E-state index contributed by atoms with van der Waals surface area (Å²) in [7, 11) is 3.18. The van der Waals surface area contributed by atoms with Gasteiger partial charge in [0.25, 0.3) is 0 Å². The van der Waals surface area contributed by atoms with Crippen molar-refractivity contribution in [1.29, 1.82) is 0 Å². The summed E-state index contributed by atoms with van der Waals surface area (Å²) >= 11 is 6.61. The molecule has 2 unspecified atom stereocenters. The number of halogens is 1. The van der Waals surface area contributed by atoms with Gasteiger partial charge in [-0.3, -0.25) is 4.79 Å². The van der Waals surface area contributed by atoms with Crippen LogP contribution in [0.15, 0.2) is 65.0 Å². The Morgan fingerprint density at radius 1 is 1.05 bits per heavy atom. The fourth-order valence-electron chi connectivity index (χ4n) is 5.09. The summed E-state index contributed by atoms with van der Waals surface area (Å²) in [5.41, 5.74) is 4.08. The number of carbonyl (C=O) groups is 2. The third-order valence-corrected chi connectivity index (χ3v) is 7.15. The maximum atomic E-state index is 13.8. The predicted molar refractivity (Wildman–Crippen MR) is 141 cm³/mol. The zero-order chi connectivity index (χ0) is 26.5. The van der Waals surface area contributed by atoms with Gasteiger partial charge < -0.3 is 24.3 Å². The minimum Gasteiger partial charge on any atom is -0.493 e. The van der Waals surface area contributed by atoms with Gasteiger partial charge in [-0.05, 0) is 55.5 Å². The Bertz CT molecular complexity index is 1250. The zero-order valence-corrected chi connectivity index (χ0v) is 22.3. The Kier molecular flexibility index (Phi) is 8.56. The zero-order valence-electron chi connectivity index (χ0n) is 21.6. The van der Waals surface area contributed by atoms with Crippen molar-refractivity contribution in [3.05, 3.63) is 81.2 Å². The third-order valence-electron chi connectivity index (χ3n) is 6.81. The Balaban J connectivity index is 1.72. The van der Waals surface area contributed by atoms with E-state index in [1.54, 1.807) is 20.3 Å². The molecule has 0 fully saturated rings. The predicted octanol–water partition coefficient (Wildman–Crippen LogP) is 5.30. The summed E-state index contributed by atoms with van der Waals surface area (Å²) in [6.45, 7) is 4.68. The topological polar surface area (TPSA) is 83.1 Å². The van der Waals surface area contributed by atoms with Gasteiger partial charge in [-0.1, -0.05) is 35.9 Å². The summed E-state index contributed by atoms with van der Waals surface area (Å²) in [4.78, 5) is 27.1. The summed E-state index contributed by atoms with van der Waals surface area (Å²) < 4.78 is 21.7. The second-order valence-electron chi connectivity index (χ2n) is 8.99. The van der Waals surface area contributed by atoms with Crippen LogP contribution < -0.4 is 14.8 Å². The van der Waals surface area contributed by atoms with Gasteiger partial charge in [0.1, 0.15) is 6.61 Å². The van der Waals surface area contributed by atoms with Crippen molar-refractivity contribution < 1.29 is 28.5 Å². The van der Waals surface area contributed by atoms with E-state index in [1.807, 2.05) is 50.2 Å². The number of nitrogens with one attached hydrogen (secondary N) is 1. The van der Waals surface area contributed by atoms with Crippen molar-refractivity contribution in [3.63, 3.8) is 0 Å². The van der Waals surface area contributed by atoms with E-state index in [1.165, 1.54) is 0 Å². The Labute approximate surface area is 222 Å². The van der Waals surface area contributed by atoms with Crippen LogP contribution in [0.1, 0.15) is 49.7 Å². The van der Waals surface area contributed by atoms with Gasteiger partial charge in [0, 0.05) is 40.9 Å². The molecule has 37 heavy (non-hydrogen) atoms. The minimum atomic E-state index is -0.622. The van der Waals surface area contributed by atoms with Crippen LogP contribution in [0.2, 0.25) is 5.02 Å². The third kappa shape index (κ3) is 5.53. The van der Waals surface area contributed by atoms with Crippen LogP contribution in [0, 0.1) is 0 Å².